The number of hydrogen-bond donors (Lipinski definition) is 1. The van der Waals surface area contributed by atoms with Crippen LogP contribution in [0.2, 0.25) is 0 Å². The molecule has 0 aliphatic rings. The number of hydrogen-bond acceptors (Lipinski definition) is 3. The van der Waals surface area contributed by atoms with Gasteiger partial charge >= 0.3 is 0 Å². The van der Waals surface area contributed by atoms with Crippen molar-refractivity contribution in [1.29, 1.82) is 0 Å². The quantitative estimate of drug-likeness (QED) is 0.368. The number of carbonyl (C=O) groups excluding carboxylic acids is 2. The number of benzene rings is 3. The third kappa shape index (κ3) is 4.89. The van der Waals surface area contributed by atoms with Crippen molar-refractivity contribution < 1.29 is 22.8 Å². The van der Waals surface area contributed by atoms with Crippen molar-refractivity contribution in [2.45, 2.75) is 20.3 Å². The normalized spacial score (nSPS) is 11.0. The fraction of sp³-hybridized carbons (Fsp3) is 0.192. The molecule has 35 heavy (non-hydrogen) atoms. The minimum Gasteiger partial charge on any atom is -0.329 e. The Labute approximate surface area is 200 Å². The van der Waals surface area contributed by atoms with E-state index in [0.29, 0.717) is 17.5 Å². The molecule has 0 aliphatic carbocycles. The lowest BCUT2D eigenvalue weighted by Crippen LogP contribution is -2.38. The maximum Gasteiger partial charge on any atom is 0.254 e. The highest BCUT2D eigenvalue weighted by Gasteiger charge is 2.21. The molecular weight excluding hydrogens is 457 g/mol. The monoisotopic (exact) mass is 480 g/mol. The standard InChI is InChI=1S/C26H23F3N4O2/c1-3-13-32(15-23(34)31-20-11-10-19(27)24(28)25(20)29)26(35)17-9-12-22-21(14-17)30-16(2)33(22)18-7-5-4-6-8-18/h4-12,14H,3,13,15H2,1-2H3,(H,31,34). The summed E-state index contributed by atoms with van der Waals surface area (Å²) in [6, 6.07) is 16.5. The molecule has 0 radical (unpaired) electrons. The zero-order valence-electron chi connectivity index (χ0n) is 19.2. The van der Waals surface area contributed by atoms with Gasteiger partial charge in [0.2, 0.25) is 5.91 Å². The van der Waals surface area contributed by atoms with Crippen LogP contribution in [0.3, 0.4) is 0 Å². The van der Waals surface area contributed by atoms with E-state index in [1.807, 2.05) is 48.7 Å². The molecule has 1 aromatic heterocycles. The van der Waals surface area contributed by atoms with Gasteiger partial charge in [0.05, 0.1) is 16.7 Å². The van der Waals surface area contributed by atoms with Gasteiger partial charge in [0, 0.05) is 17.8 Å². The van der Waals surface area contributed by atoms with Gasteiger partial charge in [0.25, 0.3) is 5.91 Å². The van der Waals surface area contributed by atoms with Gasteiger partial charge in [-0.05, 0) is 55.8 Å². The third-order valence-electron chi connectivity index (χ3n) is 5.51. The number of nitrogens with zero attached hydrogens (tertiary/aromatic N) is 3. The van der Waals surface area contributed by atoms with Crippen molar-refractivity contribution in [2.75, 3.05) is 18.4 Å². The van der Waals surface area contributed by atoms with Gasteiger partial charge in [-0.3, -0.25) is 14.2 Å². The number of imidazole rings is 1. The lowest BCUT2D eigenvalue weighted by atomic mass is 10.1. The molecule has 0 spiro atoms. The molecule has 0 bridgehead atoms. The molecule has 6 nitrogen and oxygen atoms in total. The van der Waals surface area contributed by atoms with E-state index in [-0.39, 0.29) is 13.1 Å². The molecule has 4 rings (SSSR count). The Kier molecular flexibility index (Phi) is 6.86. The van der Waals surface area contributed by atoms with Crippen molar-refractivity contribution in [2.24, 2.45) is 0 Å². The van der Waals surface area contributed by atoms with E-state index in [9.17, 15) is 22.8 Å². The zero-order valence-corrected chi connectivity index (χ0v) is 19.2. The van der Waals surface area contributed by atoms with Crippen molar-refractivity contribution in [3.05, 3.63) is 89.5 Å². The number of para-hydroxylation sites is 1. The average Bonchev–Trinajstić information content (AvgIpc) is 3.19. The van der Waals surface area contributed by atoms with Gasteiger partial charge in [0.1, 0.15) is 12.4 Å². The number of rotatable bonds is 7. The molecular formula is C26H23F3N4O2. The largest absolute Gasteiger partial charge is 0.329 e. The first-order chi connectivity index (χ1) is 16.8. The fourth-order valence-electron chi connectivity index (χ4n) is 3.93. The van der Waals surface area contributed by atoms with Crippen LogP contribution in [0.5, 0.6) is 0 Å². The van der Waals surface area contributed by atoms with E-state index >= 15 is 0 Å². The van der Waals surface area contributed by atoms with Crippen LogP contribution in [-0.2, 0) is 4.79 Å². The van der Waals surface area contributed by atoms with E-state index in [2.05, 4.69) is 10.3 Å². The molecule has 1 N–H and O–H groups in total. The van der Waals surface area contributed by atoms with E-state index in [1.165, 1.54) is 4.90 Å². The van der Waals surface area contributed by atoms with Crippen LogP contribution in [0.4, 0.5) is 18.9 Å². The van der Waals surface area contributed by atoms with Crippen LogP contribution in [0.1, 0.15) is 29.5 Å². The van der Waals surface area contributed by atoms with Crippen LogP contribution in [-0.4, -0.2) is 39.4 Å². The summed E-state index contributed by atoms with van der Waals surface area (Å²) in [5, 5.41) is 2.20. The summed E-state index contributed by atoms with van der Waals surface area (Å²) in [5.74, 6) is -4.91. The number of halogens is 3. The maximum absolute atomic E-state index is 13.9. The summed E-state index contributed by atoms with van der Waals surface area (Å²) in [6.07, 6.45) is 0.572. The highest BCUT2D eigenvalue weighted by atomic mass is 19.2. The van der Waals surface area contributed by atoms with Gasteiger partial charge in [-0.1, -0.05) is 25.1 Å². The Bertz CT molecular complexity index is 1400. The van der Waals surface area contributed by atoms with E-state index < -0.39 is 35.0 Å². The Morgan fingerprint density at radius 1 is 1.00 bits per heavy atom. The van der Waals surface area contributed by atoms with Crippen LogP contribution >= 0.6 is 0 Å². The fourth-order valence-corrected chi connectivity index (χ4v) is 3.93. The first-order valence-corrected chi connectivity index (χ1v) is 11.1. The first kappa shape index (κ1) is 24.0. The second kappa shape index (κ2) is 10.0. The molecule has 0 fully saturated rings. The summed E-state index contributed by atoms with van der Waals surface area (Å²) in [6.45, 7) is 3.60. The second-order valence-corrected chi connectivity index (χ2v) is 8.03. The summed E-state index contributed by atoms with van der Waals surface area (Å²) >= 11 is 0. The number of anilines is 1. The Balaban J connectivity index is 1.56. The van der Waals surface area contributed by atoms with Crippen molar-refractivity contribution in [3.63, 3.8) is 0 Å². The molecule has 0 unspecified atom stereocenters. The highest BCUT2D eigenvalue weighted by Crippen LogP contribution is 2.23. The second-order valence-electron chi connectivity index (χ2n) is 8.03. The predicted molar refractivity (Wildman–Crippen MR) is 127 cm³/mol. The lowest BCUT2D eigenvalue weighted by molar-refractivity contribution is -0.116. The summed E-state index contributed by atoms with van der Waals surface area (Å²) in [4.78, 5) is 31.6. The first-order valence-electron chi connectivity index (χ1n) is 11.1. The summed E-state index contributed by atoms with van der Waals surface area (Å²) in [5.41, 5.74) is 2.25. The minimum absolute atomic E-state index is 0.266. The number of aromatic nitrogens is 2. The smallest absolute Gasteiger partial charge is 0.254 e. The summed E-state index contributed by atoms with van der Waals surface area (Å²) in [7, 11) is 0. The van der Waals surface area contributed by atoms with Gasteiger partial charge in [0.15, 0.2) is 17.5 Å². The molecule has 1 heterocycles. The van der Waals surface area contributed by atoms with Gasteiger partial charge in [-0.2, -0.15) is 0 Å². The van der Waals surface area contributed by atoms with Crippen LogP contribution < -0.4 is 5.32 Å². The topological polar surface area (TPSA) is 67.2 Å². The SMILES string of the molecule is CCCN(CC(=O)Nc1ccc(F)c(F)c1F)C(=O)c1ccc2c(c1)nc(C)n2-c1ccccc1. The maximum atomic E-state index is 13.9. The molecule has 0 atom stereocenters. The number of carbonyl (C=O) groups is 2. The number of aryl methyl sites for hydroxylation is 1. The van der Waals surface area contributed by atoms with Gasteiger partial charge in [-0.25, -0.2) is 18.2 Å². The van der Waals surface area contributed by atoms with E-state index in [4.69, 9.17) is 0 Å². The highest BCUT2D eigenvalue weighted by molar-refractivity contribution is 6.01. The Morgan fingerprint density at radius 2 is 1.74 bits per heavy atom. The van der Waals surface area contributed by atoms with Crippen LogP contribution in [0.25, 0.3) is 16.7 Å². The van der Waals surface area contributed by atoms with Crippen molar-refractivity contribution in [1.82, 2.24) is 14.5 Å². The molecule has 9 heteroatoms. The lowest BCUT2D eigenvalue weighted by Gasteiger charge is -2.22. The summed E-state index contributed by atoms with van der Waals surface area (Å²) < 4.78 is 42.5. The van der Waals surface area contributed by atoms with Crippen molar-refractivity contribution >= 4 is 28.5 Å². The Hall–Kier alpha value is -4.14. The van der Waals surface area contributed by atoms with E-state index in [0.717, 1.165) is 29.2 Å². The van der Waals surface area contributed by atoms with E-state index in [1.54, 1.807) is 18.2 Å². The Morgan fingerprint density at radius 3 is 2.46 bits per heavy atom. The molecule has 180 valence electrons. The van der Waals surface area contributed by atoms with Crippen LogP contribution in [0, 0.1) is 24.4 Å². The molecule has 0 saturated carbocycles. The molecule has 4 aromatic rings. The number of fused-ring (bicyclic) bond motifs is 1. The van der Waals surface area contributed by atoms with Gasteiger partial charge in [-0.15, -0.1) is 0 Å². The third-order valence-corrected chi connectivity index (χ3v) is 5.51. The average molecular weight is 480 g/mol. The molecule has 0 saturated heterocycles. The molecule has 2 amide bonds. The van der Waals surface area contributed by atoms with Crippen LogP contribution in [0.15, 0.2) is 60.7 Å². The number of amides is 2. The minimum atomic E-state index is -1.68. The zero-order chi connectivity index (χ0) is 25.1. The van der Waals surface area contributed by atoms with Gasteiger partial charge < -0.3 is 10.2 Å². The predicted octanol–water partition coefficient (Wildman–Crippen LogP) is 5.24. The molecule has 0 aliphatic heterocycles. The molecule has 3 aromatic carbocycles. The number of nitrogens with one attached hydrogen (secondary N) is 1. The van der Waals surface area contributed by atoms with Crippen molar-refractivity contribution in [3.8, 4) is 5.69 Å².